The monoisotopic (exact) mass is 521 g/mol. The first-order valence-electron chi connectivity index (χ1n) is 11.6. The van der Waals surface area contributed by atoms with Gasteiger partial charge in [0, 0.05) is 36.2 Å². The van der Waals surface area contributed by atoms with Crippen molar-refractivity contribution in [2.24, 2.45) is 4.74 Å². The lowest BCUT2D eigenvalue weighted by Gasteiger charge is -2.47. The van der Waals surface area contributed by atoms with Crippen molar-refractivity contribution in [3.8, 4) is 0 Å². The summed E-state index contributed by atoms with van der Waals surface area (Å²) in [5, 5.41) is -0.270. The van der Waals surface area contributed by atoms with Crippen LogP contribution in [0.15, 0.2) is 74.7 Å². The van der Waals surface area contributed by atoms with E-state index in [0.717, 1.165) is 16.9 Å². The lowest BCUT2D eigenvalue weighted by Crippen LogP contribution is -2.49. The molecule has 0 radical (unpaired) electrons. The Bertz CT molecular complexity index is 1200. The first kappa shape index (κ1) is 25.9. The summed E-state index contributed by atoms with van der Waals surface area (Å²) in [6, 6.07) is 17.8. The highest BCUT2D eigenvalue weighted by atomic mass is 32.2. The zero-order chi connectivity index (χ0) is 25.2. The van der Waals surface area contributed by atoms with Crippen LogP contribution in [-0.2, 0) is 0 Å². The Kier molecular flexibility index (Phi) is 7.74. The number of halogens is 3. The highest BCUT2D eigenvalue weighted by molar-refractivity contribution is 7.99. The number of nitrogens with zero attached hydrogens (tertiary/aromatic N) is 3. The van der Waals surface area contributed by atoms with E-state index in [2.05, 4.69) is 30.3 Å². The summed E-state index contributed by atoms with van der Waals surface area (Å²) in [7, 11) is -2.47. The zero-order valence-electron chi connectivity index (χ0n) is 20.4. The van der Waals surface area contributed by atoms with Crippen molar-refractivity contribution in [2.75, 3.05) is 31.1 Å². The third-order valence-electron chi connectivity index (χ3n) is 6.15. The van der Waals surface area contributed by atoms with Crippen molar-refractivity contribution < 1.29 is 17.6 Å². The van der Waals surface area contributed by atoms with Crippen molar-refractivity contribution in [1.29, 1.82) is 0 Å². The molecule has 1 saturated heterocycles. The van der Waals surface area contributed by atoms with Gasteiger partial charge in [-0.05, 0) is 55.5 Å². The smallest absolute Gasteiger partial charge is 0.288 e. The van der Waals surface area contributed by atoms with E-state index >= 15 is 0 Å². The molecule has 2 heterocycles. The Labute approximate surface area is 209 Å². The highest BCUT2D eigenvalue weighted by Crippen LogP contribution is 2.64. The predicted molar refractivity (Wildman–Crippen MR) is 140 cm³/mol. The average Bonchev–Trinajstić information content (AvgIpc) is 3.24. The van der Waals surface area contributed by atoms with Gasteiger partial charge < -0.3 is 9.32 Å². The number of rotatable bonds is 6. The predicted octanol–water partition coefficient (Wildman–Crippen LogP) is 7.74. The maximum atomic E-state index is 14.4. The van der Waals surface area contributed by atoms with E-state index in [4.69, 9.17) is 9.16 Å². The minimum absolute atomic E-state index is 0.217. The van der Waals surface area contributed by atoms with Crippen LogP contribution >= 0.6 is 19.0 Å². The second kappa shape index (κ2) is 10.5. The summed E-state index contributed by atoms with van der Waals surface area (Å²) in [5.41, 5.74) is 2.19. The van der Waals surface area contributed by atoms with Crippen LogP contribution in [0.2, 0.25) is 0 Å². The molecule has 4 rings (SSSR count). The second-order valence-electron chi connectivity index (χ2n) is 9.52. The van der Waals surface area contributed by atoms with Crippen LogP contribution in [0.25, 0.3) is 0 Å². The number of para-hydroxylation sites is 1. The van der Waals surface area contributed by atoms with Crippen LogP contribution in [0.1, 0.15) is 26.5 Å². The molecule has 0 N–H and O–H groups in total. The fourth-order valence-electron chi connectivity index (χ4n) is 4.54. The molecule has 1 fully saturated rings. The Hall–Kier alpha value is -2.15. The van der Waals surface area contributed by atoms with E-state index in [1.807, 2.05) is 31.2 Å². The molecule has 3 aromatic rings. The number of benzene rings is 2. The third kappa shape index (κ3) is 5.50. The minimum Gasteiger partial charge on any atom is -0.459 e. The second-order valence-corrected chi connectivity index (χ2v) is 14.3. The molecule has 2 aromatic carbocycles. The topological polar surface area (TPSA) is 32.0 Å². The van der Waals surface area contributed by atoms with Gasteiger partial charge >= 0.3 is 0 Å². The summed E-state index contributed by atoms with van der Waals surface area (Å²) in [6.07, 6.45) is 0. The zero-order valence-corrected chi connectivity index (χ0v) is 22.1. The van der Waals surface area contributed by atoms with Crippen molar-refractivity contribution in [3.05, 3.63) is 72.2 Å². The largest absolute Gasteiger partial charge is 0.459 e. The van der Waals surface area contributed by atoms with Crippen LogP contribution in [0.4, 0.5) is 24.5 Å². The summed E-state index contributed by atoms with van der Waals surface area (Å²) in [6.45, 7) is 11.2. The summed E-state index contributed by atoms with van der Waals surface area (Å²) in [5.74, 6) is -1.86. The summed E-state index contributed by atoms with van der Waals surface area (Å²) < 4.78 is 54.0. The van der Waals surface area contributed by atoms with Gasteiger partial charge in [0.25, 0.3) is 5.76 Å². The van der Waals surface area contributed by atoms with Gasteiger partial charge in [0.1, 0.15) is 18.8 Å². The Balaban J connectivity index is 1.75. The Morgan fingerprint density at radius 2 is 1.60 bits per heavy atom. The van der Waals surface area contributed by atoms with Crippen molar-refractivity contribution >= 4 is 35.8 Å². The minimum atomic E-state index is -2.47. The first-order chi connectivity index (χ1) is 16.6. The number of aryl methyl sites for hydroxylation is 1. The van der Waals surface area contributed by atoms with E-state index in [1.165, 1.54) is 6.07 Å². The Morgan fingerprint density at radius 3 is 2.14 bits per heavy atom. The maximum absolute atomic E-state index is 14.4. The fraction of sp³-hybridized carbons (Fsp3) is 0.385. The molecule has 0 unspecified atom stereocenters. The standard InChI is InChI=1S/C26H31F3N3OPS/c1-19-9-14-24(33-19)34(26(2,3)4,30-20-10-12-21(13-11-20)35-25(28)29)32-17-15-31(16-18-32)23-8-6-5-7-22(23)27/h5-14,25H,15-18H2,1-4H3/t34-/m0/s1. The SMILES string of the molecule is Cc1ccc([P@](=Nc2ccc(SC(F)F)cc2)(N2CCN(c3ccccc3F)CC2)C(C)(C)C)o1. The normalized spacial score (nSPS) is 17.0. The van der Waals surface area contributed by atoms with Crippen LogP contribution in [0, 0.1) is 12.7 Å². The number of hydrogen-bond donors (Lipinski definition) is 0. The van der Waals surface area contributed by atoms with Gasteiger partial charge in [-0.25, -0.2) is 9.14 Å². The van der Waals surface area contributed by atoms with Crippen LogP contribution in [-0.4, -0.2) is 41.8 Å². The van der Waals surface area contributed by atoms with Crippen molar-refractivity contribution in [3.63, 3.8) is 0 Å². The number of hydrogen-bond acceptors (Lipinski definition) is 4. The van der Waals surface area contributed by atoms with Gasteiger partial charge in [0.05, 0.1) is 11.4 Å². The molecule has 1 aliphatic rings. The molecule has 0 bridgehead atoms. The average molecular weight is 522 g/mol. The van der Waals surface area contributed by atoms with E-state index in [1.54, 1.807) is 30.3 Å². The Morgan fingerprint density at radius 1 is 0.943 bits per heavy atom. The number of thioether (sulfide) groups is 1. The molecule has 188 valence electrons. The van der Waals surface area contributed by atoms with Crippen LogP contribution < -0.4 is 10.4 Å². The maximum Gasteiger partial charge on any atom is 0.288 e. The van der Waals surface area contributed by atoms with Crippen molar-refractivity contribution in [1.82, 2.24) is 4.67 Å². The molecule has 4 nitrogen and oxygen atoms in total. The van der Waals surface area contributed by atoms with E-state index in [0.29, 0.717) is 48.5 Å². The molecule has 0 saturated carbocycles. The van der Waals surface area contributed by atoms with Crippen molar-refractivity contribution in [2.45, 2.75) is 43.5 Å². The van der Waals surface area contributed by atoms with E-state index in [9.17, 15) is 13.2 Å². The van der Waals surface area contributed by atoms with E-state index in [-0.39, 0.29) is 11.0 Å². The molecule has 9 heteroatoms. The lowest BCUT2D eigenvalue weighted by molar-refractivity contribution is 0.252. The quantitative estimate of drug-likeness (QED) is 0.245. The molecule has 35 heavy (non-hydrogen) atoms. The van der Waals surface area contributed by atoms with Crippen LogP contribution in [0.5, 0.6) is 0 Å². The molecule has 0 aliphatic carbocycles. The molecular formula is C26H31F3N3OPS. The summed E-state index contributed by atoms with van der Waals surface area (Å²) >= 11 is 0.527. The molecule has 0 spiro atoms. The first-order valence-corrected chi connectivity index (χ1v) is 14.2. The number of piperazine rings is 1. The number of furan rings is 1. The molecule has 1 atom stereocenters. The molecule has 1 aliphatic heterocycles. The van der Waals surface area contributed by atoms with E-state index < -0.39 is 13.0 Å². The number of anilines is 1. The van der Waals surface area contributed by atoms with Gasteiger partial charge in [-0.1, -0.05) is 44.7 Å². The van der Waals surface area contributed by atoms with Gasteiger partial charge in [-0.3, -0.25) is 4.67 Å². The van der Waals surface area contributed by atoms with Gasteiger partial charge in [0.2, 0.25) is 0 Å². The number of alkyl halides is 2. The van der Waals surface area contributed by atoms with Gasteiger partial charge in [-0.2, -0.15) is 8.78 Å². The molecule has 1 aromatic heterocycles. The van der Waals surface area contributed by atoms with Gasteiger partial charge in [0.15, 0.2) is 5.50 Å². The highest BCUT2D eigenvalue weighted by Gasteiger charge is 2.44. The fourth-order valence-corrected chi connectivity index (χ4v) is 9.13. The lowest BCUT2D eigenvalue weighted by atomic mass is 10.2. The third-order valence-corrected chi connectivity index (χ3v) is 11.3. The summed E-state index contributed by atoms with van der Waals surface area (Å²) in [4.78, 5) is 2.58. The molecular weight excluding hydrogens is 490 g/mol. The van der Waals surface area contributed by atoms with Gasteiger partial charge in [-0.15, -0.1) is 0 Å². The van der Waals surface area contributed by atoms with Crippen LogP contribution in [0.3, 0.4) is 0 Å². The molecule has 0 amide bonds.